The molecule has 0 saturated heterocycles. The van der Waals surface area contributed by atoms with Crippen LogP contribution in [-0.2, 0) is 13.0 Å². The highest BCUT2D eigenvalue weighted by atomic mass is 35.5. The summed E-state index contributed by atoms with van der Waals surface area (Å²) in [5.74, 6) is 0.506. The van der Waals surface area contributed by atoms with E-state index in [2.05, 4.69) is 15.8 Å². The number of benzene rings is 1. The second-order valence-electron chi connectivity index (χ2n) is 4.32. The van der Waals surface area contributed by atoms with E-state index >= 15 is 0 Å². The topological polar surface area (TPSA) is 67.2 Å². The van der Waals surface area contributed by atoms with E-state index in [1.54, 1.807) is 24.3 Å². The Morgan fingerprint density at radius 2 is 2.37 bits per heavy atom. The first-order valence-corrected chi connectivity index (χ1v) is 6.37. The number of halogens is 1. The predicted octanol–water partition coefficient (Wildman–Crippen LogP) is 2.23. The summed E-state index contributed by atoms with van der Waals surface area (Å²) in [6.07, 6.45) is 0.757. The van der Waals surface area contributed by atoms with Crippen LogP contribution in [0.3, 0.4) is 0 Å². The van der Waals surface area contributed by atoms with Crippen LogP contribution in [0.2, 0.25) is 5.02 Å². The molecule has 2 heterocycles. The van der Waals surface area contributed by atoms with Gasteiger partial charge in [-0.05, 0) is 18.2 Å². The number of carbonyl (C=O) groups excluding carboxylic acids is 1. The van der Waals surface area contributed by atoms with Crippen LogP contribution in [0.15, 0.2) is 28.8 Å². The first-order valence-electron chi connectivity index (χ1n) is 5.99. The Labute approximate surface area is 114 Å². The average molecular weight is 278 g/mol. The molecule has 1 aliphatic rings. The molecule has 0 radical (unpaired) electrons. The van der Waals surface area contributed by atoms with E-state index in [1.165, 1.54) is 0 Å². The lowest BCUT2D eigenvalue weighted by atomic mass is 10.1. The van der Waals surface area contributed by atoms with Gasteiger partial charge in [0.2, 0.25) is 0 Å². The highest BCUT2D eigenvalue weighted by Crippen LogP contribution is 2.20. The highest BCUT2D eigenvalue weighted by molar-refractivity contribution is 6.30. The summed E-state index contributed by atoms with van der Waals surface area (Å²) < 4.78 is 5.19. The van der Waals surface area contributed by atoms with Gasteiger partial charge in [-0.25, -0.2) is 0 Å². The summed E-state index contributed by atoms with van der Waals surface area (Å²) in [4.78, 5) is 12.2. The van der Waals surface area contributed by atoms with Gasteiger partial charge in [0.1, 0.15) is 5.76 Å². The van der Waals surface area contributed by atoms with E-state index in [1.807, 2.05) is 0 Å². The largest absolute Gasteiger partial charge is 0.360 e. The van der Waals surface area contributed by atoms with Crippen molar-refractivity contribution in [2.24, 2.45) is 0 Å². The Bertz CT molecular complexity index is 624. The molecule has 0 spiro atoms. The quantitative estimate of drug-likeness (QED) is 0.883. The van der Waals surface area contributed by atoms with Gasteiger partial charge < -0.3 is 15.2 Å². The van der Waals surface area contributed by atoms with E-state index < -0.39 is 0 Å². The Kier molecular flexibility index (Phi) is 3.23. The van der Waals surface area contributed by atoms with Gasteiger partial charge in [0.25, 0.3) is 5.91 Å². The van der Waals surface area contributed by atoms with Crippen molar-refractivity contribution < 1.29 is 9.32 Å². The molecule has 0 aliphatic carbocycles. The summed E-state index contributed by atoms with van der Waals surface area (Å²) in [5, 5.41) is 10.4. The van der Waals surface area contributed by atoms with Gasteiger partial charge in [-0.1, -0.05) is 22.8 Å². The number of nitrogens with one attached hydrogen (secondary N) is 2. The zero-order chi connectivity index (χ0) is 13.2. The van der Waals surface area contributed by atoms with Gasteiger partial charge in [-0.15, -0.1) is 0 Å². The third-order valence-electron chi connectivity index (χ3n) is 3.00. The first-order chi connectivity index (χ1) is 9.24. The maximum Gasteiger partial charge on any atom is 0.278 e. The number of aromatic nitrogens is 1. The number of anilines is 1. The Balaban J connectivity index is 1.83. The zero-order valence-electron chi connectivity index (χ0n) is 10.1. The van der Waals surface area contributed by atoms with Gasteiger partial charge >= 0.3 is 0 Å². The van der Waals surface area contributed by atoms with E-state index in [0.717, 1.165) is 24.3 Å². The molecule has 0 atom stereocenters. The molecule has 1 aromatic heterocycles. The van der Waals surface area contributed by atoms with Crippen LogP contribution in [0.1, 0.15) is 21.8 Å². The van der Waals surface area contributed by atoms with Crippen molar-refractivity contribution in [2.45, 2.75) is 13.0 Å². The maximum absolute atomic E-state index is 12.2. The zero-order valence-corrected chi connectivity index (χ0v) is 10.8. The van der Waals surface area contributed by atoms with Gasteiger partial charge in [0.05, 0.1) is 0 Å². The lowest BCUT2D eigenvalue weighted by Gasteiger charge is -2.11. The van der Waals surface area contributed by atoms with Crippen LogP contribution >= 0.6 is 11.6 Å². The average Bonchev–Trinajstić information content (AvgIpc) is 2.82. The summed E-state index contributed by atoms with van der Waals surface area (Å²) >= 11 is 5.87. The summed E-state index contributed by atoms with van der Waals surface area (Å²) in [6, 6.07) is 6.98. The maximum atomic E-state index is 12.2. The number of hydrogen-bond acceptors (Lipinski definition) is 4. The number of carbonyl (C=O) groups is 1. The van der Waals surface area contributed by atoms with Crippen LogP contribution in [0, 0.1) is 0 Å². The number of amides is 1. The Morgan fingerprint density at radius 3 is 3.21 bits per heavy atom. The van der Waals surface area contributed by atoms with Crippen molar-refractivity contribution >= 4 is 23.2 Å². The van der Waals surface area contributed by atoms with Crippen molar-refractivity contribution in [3.8, 4) is 0 Å². The van der Waals surface area contributed by atoms with Crippen molar-refractivity contribution in [1.82, 2.24) is 10.5 Å². The number of rotatable bonds is 2. The van der Waals surface area contributed by atoms with Gasteiger partial charge in [-0.2, -0.15) is 0 Å². The van der Waals surface area contributed by atoms with Crippen LogP contribution in [-0.4, -0.2) is 17.6 Å². The van der Waals surface area contributed by atoms with Crippen molar-refractivity contribution in [1.29, 1.82) is 0 Å². The molecule has 0 saturated carbocycles. The third-order valence-corrected chi connectivity index (χ3v) is 3.23. The molecular formula is C13H12ClN3O2. The first kappa shape index (κ1) is 12.2. The van der Waals surface area contributed by atoms with Crippen LogP contribution < -0.4 is 10.6 Å². The Morgan fingerprint density at radius 1 is 1.47 bits per heavy atom. The molecule has 0 bridgehead atoms. The van der Waals surface area contributed by atoms with E-state index in [4.69, 9.17) is 16.1 Å². The fourth-order valence-corrected chi connectivity index (χ4v) is 2.26. The van der Waals surface area contributed by atoms with E-state index in [0.29, 0.717) is 22.9 Å². The molecule has 0 fully saturated rings. The molecule has 1 aliphatic heterocycles. The lowest BCUT2D eigenvalue weighted by molar-refractivity contribution is 0.101. The smallest absolute Gasteiger partial charge is 0.278 e. The van der Waals surface area contributed by atoms with Crippen molar-refractivity contribution in [2.75, 3.05) is 11.9 Å². The van der Waals surface area contributed by atoms with Crippen LogP contribution in [0.25, 0.3) is 0 Å². The number of nitrogens with zero attached hydrogens (tertiary/aromatic N) is 1. The van der Waals surface area contributed by atoms with Gasteiger partial charge in [0, 0.05) is 35.8 Å². The standard InChI is InChI=1S/C13H12ClN3O2/c14-8-2-1-3-9(6-8)16-13(18)12-10-7-15-5-4-11(10)19-17-12/h1-3,6,15H,4-5,7H2,(H,16,18). The van der Waals surface area contributed by atoms with Gasteiger partial charge in [-0.3, -0.25) is 4.79 Å². The SMILES string of the molecule is O=C(Nc1cccc(Cl)c1)c1noc2c1CNCC2. The molecule has 2 N–H and O–H groups in total. The number of fused-ring (bicyclic) bond motifs is 1. The second kappa shape index (κ2) is 5.03. The van der Waals surface area contributed by atoms with E-state index in [-0.39, 0.29) is 5.91 Å². The van der Waals surface area contributed by atoms with Crippen molar-refractivity contribution in [3.05, 3.63) is 46.3 Å². The van der Waals surface area contributed by atoms with Crippen LogP contribution in [0.4, 0.5) is 5.69 Å². The molecule has 1 aromatic carbocycles. The monoisotopic (exact) mass is 277 g/mol. The van der Waals surface area contributed by atoms with Gasteiger partial charge in [0.15, 0.2) is 5.69 Å². The minimum atomic E-state index is -0.282. The summed E-state index contributed by atoms with van der Waals surface area (Å²) in [7, 11) is 0. The minimum absolute atomic E-state index is 0.282. The fourth-order valence-electron chi connectivity index (χ4n) is 2.07. The summed E-state index contributed by atoms with van der Waals surface area (Å²) in [5.41, 5.74) is 1.81. The Hall–Kier alpha value is -1.85. The molecule has 98 valence electrons. The lowest BCUT2D eigenvalue weighted by Crippen LogP contribution is -2.25. The third kappa shape index (κ3) is 2.47. The minimum Gasteiger partial charge on any atom is -0.360 e. The molecule has 3 rings (SSSR count). The van der Waals surface area contributed by atoms with E-state index in [9.17, 15) is 4.79 Å². The fraction of sp³-hybridized carbons (Fsp3) is 0.231. The van der Waals surface area contributed by atoms with Crippen molar-refractivity contribution in [3.63, 3.8) is 0 Å². The number of hydrogen-bond donors (Lipinski definition) is 2. The molecule has 19 heavy (non-hydrogen) atoms. The molecule has 1 amide bonds. The molecule has 6 heteroatoms. The molecule has 0 unspecified atom stereocenters. The second-order valence-corrected chi connectivity index (χ2v) is 4.76. The molecular weight excluding hydrogens is 266 g/mol. The predicted molar refractivity (Wildman–Crippen MR) is 71.3 cm³/mol. The summed E-state index contributed by atoms with van der Waals surface area (Å²) in [6.45, 7) is 1.45. The molecule has 5 nitrogen and oxygen atoms in total. The normalized spacial score (nSPS) is 13.9. The van der Waals surface area contributed by atoms with Crippen LogP contribution in [0.5, 0.6) is 0 Å². The molecule has 2 aromatic rings. The highest BCUT2D eigenvalue weighted by Gasteiger charge is 2.23.